The molecule has 234 valence electrons. The molecule has 0 bridgehead atoms. The van der Waals surface area contributed by atoms with Gasteiger partial charge in [0, 0.05) is 40.2 Å². The largest absolute Gasteiger partial charge is 0.353 e. The minimum absolute atomic E-state index is 0.0325. The van der Waals surface area contributed by atoms with E-state index in [1.54, 1.807) is 24.7 Å². The molecule has 12 heteroatoms. The number of amides is 1. The number of anilines is 1. The lowest BCUT2D eigenvalue weighted by atomic mass is 9.88. The van der Waals surface area contributed by atoms with E-state index in [0.717, 1.165) is 71.1 Å². The second-order valence-electron chi connectivity index (χ2n) is 11.9. The van der Waals surface area contributed by atoms with Crippen molar-refractivity contribution in [3.8, 4) is 33.8 Å². The maximum Gasteiger partial charge on any atom is 0.227 e. The Kier molecular flexibility index (Phi) is 7.61. The first-order valence-electron chi connectivity index (χ1n) is 15.1. The smallest absolute Gasteiger partial charge is 0.227 e. The van der Waals surface area contributed by atoms with E-state index in [0.29, 0.717) is 28.2 Å². The summed E-state index contributed by atoms with van der Waals surface area (Å²) in [6, 6.07) is 15.5. The minimum atomic E-state index is -3.63. The van der Waals surface area contributed by atoms with Gasteiger partial charge in [-0.1, -0.05) is 31.4 Å². The monoisotopic (exact) mass is 637 g/mol. The Morgan fingerprint density at radius 1 is 0.978 bits per heavy atom. The van der Waals surface area contributed by atoms with Crippen molar-refractivity contribution < 1.29 is 17.6 Å². The number of nitrogens with two attached hydrogens (primary N) is 1. The molecule has 6 aromatic rings. The van der Waals surface area contributed by atoms with E-state index in [-0.39, 0.29) is 17.4 Å². The number of fused-ring (bicyclic) bond motifs is 2. The van der Waals surface area contributed by atoms with Crippen LogP contribution in [-0.2, 0) is 14.6 Å². The molecular weight excluding hydrogens is 605 g/mol. The molecule has 1 aliphatic carbocycles. The highest BCUT2D eigenvalue weighted by Gasteiger charge is 2.22. The highest BCUT2D eigenvalue weighted by molar-refractivity contribution is 7.90. The fraction of sp³-hybridized carbons (Fsp3) is 0.235. The molecule has 1 aliphatic rings. The topological polar surface area (TPSA) is 160 Å². The van der Waals surface area contributed by atoms with E-state index in [2.05, 4.69) is 30.5 Å². The first-order valence-corrected chi connectivity index (χ1v) is 17.1. The SMILES string of the molecule is CS(=O)(=O)C(N)c1cc(F)cc(-c2cccc3[nH]c(-c4n[nH]c5cnc(-c6cncc(NC(=O)C7CCCCC7)c6)cc45)cc23)c1. The zero-order valence-electron chi connectivity index (χ0n) is 25.0. The molecule has 4 aromatic heterocycles. The third-order valence-electron chi connectivity index (χ3n) is 8.66. The number of H-pyrrole nitrogens is 2. The van der Waals surface area contributed by atoms with Crippen molar-refractivity contribution in [1.29, 1.82) is 0 Å². The molecule has 2 aromatic carbocycles. The van der Waals surface area contributed by atoms with Crippen LogP contribution in [0.1, 0.15) is 43.0 Å². The van der Waals surface area contributed by atoms with E-state index < -0.39 is 21.0 Å². The standard InChI is InChI=1S/C34H32FN7O3S/c1-46(44,45)33(36)21-10-20(11-23(35)12-21)25-8-5-9-28-26(25)14-30(40-28)32-27-15-29(38-18-31(27)41-42-32)22-13-24(17-37-16-22)39-34(43)19-6-3-2-4-7-19/h5,8-19,33,40H,2-4,6-7,36H2,1H3,(H,39,43)(H,41,42). The number of nitrogens with one attached hydrogen (secondary N) is 3. The van der Waals surface area contributed by atoms with Gasteiger partial charge in [-0.2, -0.15) is 5.10 Å². The zero-order valence-corrected chi connectivity index (χ0v) is 25.9. The highest BCUT2D eigenvalue weighted by atomic mass is 32.2. The lowest BCUT2D eigenvalue weighted by molar-refractivity contribution is -0.120. The van der Waals surface area contributed by atoms with E-state index in [4.69, 9.17) is 5.73 Å². The number of aromatic amines is 2. The lowest BCUT2D eigenvalue weighted by Crippen LogP contribution is -2.24. The van der Waals surface area contributed by atoms with Crippen molar-refractivity contribution in [3.63, 3.8) is 0 Å². The Bertz CT molecular complexity index is 2220. The number of aromatic nitrogens is 5. The summed E-state index contributed by atoms with van der Waals surface area (Å²) in [6.45, 7) is 0. The van der Waals surface area contributed by atoms with E-state index in [9.17, 15) is 17.6 Å². The van der Waals surface area contributed by atoms with Crippen molar-refractivity contribution in [2.75, 3.05) is 11.6 Å². The fourth-order valence-corrected chi connectivity index (χ4v) is 6.88. The average Bonchev–Trinajstić information content (AvgIpc) is 3.68. The van der Waals surface area contributed by atoms with Gasteiger partial charge >= 0.3 is 0 Å². The Balaban J connectivity index is 1.23. The molecule has 0 aliphatic heterocycles. The number of rotatable bonds is 7. The third kappa shape index (κ3) is 5.77. The lowest BCUT2D eigenvalue weighted by Gasteiger charge is -2.20. The van der Waals surface area contributed by atoms with Gasteiger partial charge in [-0.15, -0.1) is 0 Å². The van der Waals surface area contributed by atoms with Crippen LogP contribution in [0.5, 0.6) is 0 Å². The number of nitrogens with zero attached hydrogens (tertiary/aromatic N) is 3. The quantitative estimate of drug-likeness (QED) is 0.156. The first kappa shape index (κ1) is 29.8. The number of hydrogen-bond acceptors (Lipinski definition) is 7. The first-order chi connectivity index (χ1) is 22.1. The zero-order chi connectivity index (χ0) is 32.0. The number of sulfone groups is 1. The molecule has 0 saturated heterocycles. The van der Waals surface area contributed by atoms with Crippen LogP contribution >= 0.6 is 0 Å². The van der Waals surface area contributed by atoms with Crippen LogP contribution in [0.4, 0.5) is 10.1 Å². The van der Waals surface area contributed by atoms with Crippen molar-refractivity contribution in [2.24, 2.45) is 11.7 Å². The molecule has 5 N–H and O–H groups in total. The van der Waals surface area contributed by atoms with Crippen LogP contribution in [0.25, 0.3) is 55.6 Å². The van der Waals surface area contributed by atoms with Gasteiger partial charge in [-0.25, -0.2) is 12.8 Å². The average molecular weight is 638 g/mol. The summed E-state index contributed by atoms with van der Waals surface area (Å²) in [4.78, 5) is 25.2. The predicted octanol–water partition coefficient (Wildman–Crippen LogP) is 6.50. The van der Waals surface area contributed by atoms with Gasteiger partial charge in [0.15, 0.2) is 9.84 Å². The number of hydrogen-bond donors (Lipinski definition) is 4. The molecule has 46 heavy (non-hydrogen) atoms. The molecule has 4 heterocycles. The van der Waals surface area contributed by atoms with Crippen LogP contribution in [0.2, 0.25) is 0 Å². The summed E-state index contributed by atoms with van der Waals surface area (Å²) in [5.74, 6) is -0.514. The number of halogens is 1. The molecule has 10 nitrogen and oxygen atoms in total. The summed E-state index contributed by atoms with van der Waals surface area (Å²) in [7, 11) is -3.63. The van der Waals surface area contributed by atoms with Crippen molar-refractivity contribution in [3.05, 3.63) is 84.6 Å². The highest BCUT2D eigenvalue weighted by Crippen LogP contribution is 2.36. The maximum atomic E-state index is 14.7. The summed E-state index contributed by atoms with van der Waals surface area (Å²) < 4.78 is 38.9. The van der Waals surface area contributed by atoms with Gasteiger partial charge < -0.3 is 16.0 Å². The Morgan fingerprint density at radius 2 is 1.80 bits per heavy atom. The van der Waals surface area contributed by atoms with Crippen LogP contribution in [0.3, 0.4) is 0 Å². The molecular formula is C34H32FN7O3S. The predicted molar refractivity (Wildman–Crippen MR) is 177 cm³/mol. The summed E-state index contributed by atoms with van der Waals surface area (Å²) in [5, 5.41) is 10.9. The summed E-state index contributed by atoms with van der Waals surface area (Å²) in [5.41, 5.74) is 12.3. The van der Waals surface area contributed by atoms with Crippen molar-refractivity contribution in [1.82, 2.24) is 25.1 Å². The molecule has 1 amide bonds. The van der Waals surface area contributed by atoms with Crippen LogP contribution in [0.15, 0.2) is 73.2 Å². The third-order valence-corrected chi connectivity index (χ3v) is 9.86. The van der Waals surface area contributed by atoms with E-state index >= 15 is 0 Å². The molecule has 1 saturated carbocycles. The molecule has 1 unspecified atom stereocenters. The summed E-state index contributed by atoms with van der Waals surface area (Å²) in [6.07, 6.45) is 11.3. The normalized spacial score (nSPS) is 14.9. The Morgan fingerprint density at radius 3 is 2.61 bits per heavy atom. The second kappa shape index (κ2) is 11.8. The van der Waals surface area contributed by atoms with Gasteiger partial charge in [-0.05, 0) is 72.0 Å². The van der Waals surface area contributed by atoms with Crippen LogP contribution < -0.4 is 11.1 Å². The maximum absolute atomic E-state index is 14.7. The van der Waals surface area contributed by atoms with Crippen LogP contribution in [0, 0.1) is 11.7 Å². The fourth-order valence-electron chi connectivity index (χ4n) is 6.25. The Labute approximate surface area is 264 Å². The molecule has 1 atom stereocenters. The van der Waals surface area contributed by atoms with Gasteiger partial charge in [0.2, 0.25) is 5.91 Å². The van der Waals surface area contributed by atoms with Gasteiger partial charge in [0.25, 0.3) is 0 Å². The van der Waals surface area contributed by atoms with Crippen molar-refractivity contribution in [2.45, 2.75) is 37.5 Å². The molecule has 0 radical (unpaired) electrons. The van der Waals surface area contributed by atoms with E-state index in [1.165, 1.54) is 12.5 Å². The van der Waals surface area contributed by atoms with Gasteiger partial charge in [0.1, 0.15) is 16.9 Å². The minimum Gasteiger partial charge on any atom is -0.353 e. The molecule has 7 rings (SSSR count). The van der Waals surface area contributed by atoms with Gasteiger partial charge in [0.05, 0.1) is 35.0 Å². The number of carbonyl (C=O) groups is 1. The number of carbonyl (C=O) groups excluding carboxylic acids is 1. The van der Waals surface area contributed by atoms with Crippen molar-refractivity contribution >= 4 is 43.2 Å². The van der Waals surface area contributed by atoms with E-state index in [1.807, 2.05) is 36.4 Å². The molecule has 1 fully saturated rings. The Hall–Kier alpha value is -4.94. The second-order valence-corrected chi connectivity index (χ2v) is 14.1. The van der Waals surface area contributed by atoms with Crippen LogP contribution in [-0.4, -0.2) is 45.7 Å². The summed E-state index contributed by atoms with van der Waals surface area (Å²) >= 11 is 0. The molecule has 0 spiro atoms. The number of benzene rings is 2. The van der Waals surface area contributed by atoms with Gasteiger partial charge in [-0.3, -0.25) is 19.9 Å². The number of pyridine rings is 2.